The van der Waals surface area contributed by atoms with Gasteiger partial charge in [0.05, 0.1) is 6.42 Å². The molecule has 0 radical (unpaired) electrons. The molecule has 0 spiro atoms. The number of thiophene rings is 1. The molecule has 1 heterocycles. The summed E-state index contributed by atoms with van der Waals surface area (Å²) in [6.45, 7) is 0.799. The Labute approximate surface area is 95.9 Å². The van der Waals surface area contributed by atoms with Crippen molar-refractivity contribution in [3.63, 3.8) is 0 Å². The highest BCUT2D eigenvalue weighted by Crippen LogP contribution is 2.08. The van der Waals surface area contributed by atoms with E-state index in [4.69, 9.17) is 0 Å². The number of hydrogen-bond donors (Lipinski definition) is 1. The van der Waals surface area contributed by atoms with E-state index in [0.717, 1.165) is 22.3 Å². The molecule has 13 heavy (non-hydrogen) atoms. The van der Waals surface area contributed by atoms with Gasteiger partial charge < -0.3 is 5.32 Å². The second kappa shape index (κ2) is 6.37. The van der Waals surface area contributed by atoms with Crippen molar-refractivity contribution >= 4 is 39.8 Å². The van der Waals surface area contributed by atoms with Gasteiger partial charge in [-0.15, -0.1) is 11.3 Å². The Morgan fingerprint density at radius 3 is 3.08 bits per heavy atom. The van der Waals surface area contributed by atoms with Crippen LogP contribution in [-0.2, 0) is 11.2 Å². The van der Waals surface area contributed by atoms with Crippen molar-refractivity contribution in [2.45, 2.75) is 12.8 Å². The summed E-state index contributed by atoms with van der Waals surface area (Å²) in [5, 5.41) is 4.88. The van der Waals surface area contributed by atoms with Crippen molar-refractivity contribution in [1.82, 2.24) is 5.32 Å². The molecular weight excluding hydrogens is 297 g/mol. The molecule has 0 bridgehead atoms. The number of halogens is 1. The van der Waals surface area contributed by atoms with E-state index in [2.05, 4.69) is 27.9 Å². The van der Waals surface area contributed by atoms with Crippen LogP contribution in [0.5, 0.6) is 0 Å². The van der Waals surface area contributed by atoms with E-state index in [1.165, 1.54) is 0 Å². The van der Waals surface area contributed by atoms with Crippen LogP contribution in [0.4, 0.5) is 0 Å². The summed E-state index contributed by atoms with van der Waals surface area (Å²) in [6, 6.07) is 3.96. The van der Waals surface area contributed by atoms with E-state index < -0.39 is 0 Å². The van der Waals surface area contributed by atoms with Gasteiger partial charge in [0.15, 0.2) is 0 Å². The first-order valence-electron chi connectivity index (χ1n) is 4.18. The number of amides is 1. The first kappa shape index (κ1) is 11.0. The van der Waals surface area contributed by atoms with Crippen LogP contribution in [0.25, 0.3) is 0 Å². The number of carbonyl (C=O) groups is 1. The van der Waals surface area contributed by atoms with Crippen molar-refractivity contribution in [2.24, 2.45) is 0 Å². The average molecular weight is 309 g/mol. The molecule has 1 amide bonds. The number of hydrogen-bond acceptors (Lipinski definition) is 2. The molecule has 0 atom stereocenters. The van der Waals surface area contributed by atoms with Crippen LogP contribution in [0.1, 0.15) is 11.3 Å². The van der Waals surface area contributed by atoms with E-state index in [0.29, 0.717) is 6.42 Å². The maximum Gasteiger partial charge on any atom is 0.225 e. The summed E-state index contributed by atoms with van der Waals surface area (Å²) in [5.74, 6) is 0.132. The summed E-state index contributed by atoms with van der Waals surface area (Å²) in [6.07, 6.45) is 1.58. The van der Waals surface area contributed by atoms with Gasteiger partial charge in [-0.05, 0) is 17.9 Å². The van der Waals surface area contributed by atoms with Gasteiger partial charge in [0.2, 0.25) is 5.91 Å². The van der Waals surface area contributed by atoms with Crippen molar-refractivity contribution in [3.05, 3.63) is 22.4 Å². The van der Waals surface area contributed by atoms with Crippen LogP contribution in [-0.4, -0.2) is 16.9 Å². The molecule has 1 N–H and O–H groups in total. The molecule has 0 unspecified atom stereocenters. The maximum atomic E-state index is 11.3. The smallest absolute Gasteiger partial charge is 0.225 e. The fourth-order valence-electron chi connectivity index (χ4n) is 0.929. The molecule has 0 saturated carbocycles. The molecular formula is C9H12INOS. The molecule has 72 valence electrons. The molecule has 0 aliphatic carbocycles. The Bertz CT molecular complexity index is 248. The van der Waals surface area contributed by atoms with Gasteiger partial charge >= 0.3 is 0 Å². The average Bonchev–Trinajstić information content (AvgIpc) is 2.57. The summed E-state index contributed by atoms with van der Waals surface area (Å²) < 4.78 is 1.09. The highest BCUT2D eigenvalue weighted by atomic mass is 127. The van der Waals surface area contributed by atoms with E-state index in [1.807, 2.05) is 17.5 Å². The number of alkyl halides is 1. The lowest BCUT2D eigenvalue weighted by Gasteiger charge is -2.01. The van der Waals surface area contributed by atoms with E-state index in [9.17, 15) is 4.79 Å². The second-order valence-electron chi connectivity index (χ2n) is 2.65. The third-order valence-electron chi connectivity index (χ3n) is 1.55. The third kappa shape index (κ3) is 4.61. The lowest BCUT2D eigenvalue weighted by atomic mass is 10.3. The molecule has 4 heteroatoms. The lowest BCUT2D eigenvalue weighted by molar-refractivity contribution is -0.120. The Morgan fingerprint density at radius 2 is 2.46 bits per heavy atom. The van der Waals surface area contributed by atoms with E-state index in [1.54, 1.807) is 11.3 Å². The predicted molar refractivity (Wildman–Crippen MR) is 64.5 cm³/mol. The summed E-state index contributed by atoms with van der Waals surface area (Å²) in [5.41, 5.74) is 0. The number of carbonyl (C=O) groups excluding carboxylic acids is 1. The van der Waals surface area contributed by atoms with Gasteiger partial charge in [0.1, 0.15) is 0 Å². The Hall–Kier alpha value is -0.100. The van der Waals surface area contributed by atoms with Crippen molar-refractivity contribution < 1.29 is 4.79 Å². The highest BCUT2D eigenvalue weighted by Gasteiger charge is 2.02. The fraction of sp³-hybridized carbons (Fsp3) is 0.444. The SMILES string of the molecule is O=C(Cc1cccs1)NCCCI. The van der Waals surface area contributed by atoms with E-state index in [-0.39, 0.29) is 5.91 Å². The topological polar surface area (TPSA) is 29.1 Å². The summed E-state index contributed by atoms with van der Waals surface area (Å²) in [7, 11) is 0. The number of nitrogens with one attached hydrogen (secondary N) is 1. The molecule has 0 aromatic carbocycles. The molecule has 0 saturated heterocycles. The predicted octanol–water partition coefficient (Wildman–Crippen LogP) is 2.23. The molecule has 1 rings (SSSR count). The Morgan fingerprint density at radius 1 is 1.62 bits per heavy atom. The fourth-order valence-corrected chi connectivity index (χ4v) is 2.01. The molecule has 0 fully saturated rings. The standard InChI is InChI=1S/C9H12INOS/c10-4-2-5-11-9(12)7-8-3-1-6-13-8/h1,3,6H,2,4-5,7H2,(H,11,12). The third-order valence-corrected chi connectivity index (χ3v) is 3.19. The zero-order valence-corrected chi connectivity index (χ0v) is 10.2. The second-order valence-corrected chi connectivity index (χ2v) is 4.76. The normalized spacial score (nSPS) is 9.92. The van der Waals surface area contributed by atoms with Gasteiger partial charge in [-0.3, -0.25) is 4.79 Å². The summed E-state index contributed by atoms with van der Waals surface area (Å²) >= 11 is 3.94. The monoisotopic (exact) mass is 309 g/mol. The molecule has 0 aliphatic heterocycles. The Balaban J connectivity index is 2.18. The van der Waals surface area contributed by atoms with Gasteiger partial charge in [0.25, 0.3) is 0 Å². The van der Waals surface area contributed by atoms with Gasteiger partial charge in [0, 0.05) is 15.8 Å². The lowest BCUT2D eigenvalue weighted by Crippen LogP contribution is -2.25. The quantitative estimate of drug-likeness (QED) is 0.504. The molecule has 2 nitrogen and oxygen atoms in total. The molecule has 1 aromatic rings. The first-order chi connectivity index (χ1) is 6.33. The van der Waals surface area contributed by atoms with Gasteiger partial charge in [-0.25, -0.2) is 0 Å². The minimum absolute atomic E-state index is 0.132. The van der Waals surface area contributed by atoms with Crippen LogP contribution in [0, 0.1) is 0 Å². The highest BCUT2D eigenvalue weighted by molar-refractivity contribution is 14.1. The zero-order chi connectivity index (χ0) is 9.52. The van der Waals surface area contributed by atoms with Crippen LogP contribution in [0.2, 0.25) is 0 Å². The van der Waals surface area contributed by atoms with Crippen LogP contribution < -0.4 is 5.32 Å². The van der Waals surface area contributed by atoms with Crippen molar-refractivity contribution in [3.8, 4) is 0 Å². The maximum absolute atomic E-state index is 11.3. The summed E-state index contributed by atoms with van der Waals surface area (Å²) in [4.78, 5) is 12.4. The number of rotatable bonds is 5. The minimum atomic E-state index is 0.132. The van der Waals surface area contributed by atoms with Crippen molar-refractivity contribution in [2.75, 3.05) is 11.0 Å². The van der Waals surface area contributed by atoms with Crippen LogP contribution >= 0.6 is 33.9 Å². The first-order valence-corrected chi connectivity index (χ1v) is 6.58. The van der Waals surface area contributed by atoms with Crippen molar-refractivity contribution in [1.29, 1.82) is 0 Å². The van der Waals surface area contributed by atoms with E-state index >= 15 is 0 Å². The molecule has 1 aromatic heterocycles. The minimum Gasteiger partial charge on any atom is -0.356 e. The van der Waals surface area contributed by atoms with Gasteiger partial charge in [-0.2, -0.15) is 0 Å². The molecule has 0 aliphatic rings. The largest absolute Gasteiger partial charge is 0.356 e. The van der Waals surface area contributed by atoms with Crippen LogP contribution in [0.3, 0.4) is 0 Å². The van der Waals surface area contributed by atoms with Crippen LogP contribution in [0.15, 0.2) is 17.5 Å². The Kier molecular flexibility index (Phi) is 5.38. The zero-order valence-electron chi connectivity index (χ0n) is 7.25. The van der Waals surface area contributed by atoms with Gasteiger partial charge in [-0.1, -0.05) is 28.7 Å².